The van der Waals surface area contributed by atoms with Crippen LogP contribution in [0.2, 0.25) is 0 Å². The number of rotatable bonds is 6. The third kappa shape index (κ3) is 4.02. The van der Waals surface area contributed by atoms with Gasteiger partial charge in [-0.2, -0.15) is 5.26 Å². The summed E-state index contributed by atoms with van der Waals surface area (Å²) in [5, 5.41) is 16.3. The monoisotopic (exact) mass is 577 g/mol. The van der Waals surface area contributed by atoms with Crippen LogP contribution in [0.25, 0.3) is 0 Å². The summed E-state index contributed by atoms with van der Waals surface area (Å²) in [6.07, 6.45) is 0.217. The Labute approximate surface area is 244 Å². The minimum atomic E-state index is -0.861. The largest absolute Gasteiger partial charge is 0.492 e. The Kier molecular flexibility index (Phi) is 7.55. The number of nitriles is 1. The number of fused-ring (bicyclic) bond motifs is 5. The summed E-state index contributed by atoms with van der Waals surface area (Å²) in [7, 11) is 6.14. The second-order valence-corrected chi connectivity index (χ2v) is 11.4. The smallest absolute Gasteiger partial charge is 0.236 e. The molecule has 1 amide bonds. The Morgan fingerprint density at radius 1 is 0.952 bits per heavy atom. The highest BCUT2D eigenvalue weighted by Gasteiger charge is 2.59. The van der Waals surface area contributed by atoms with Crippen molar-refractivity contribution in [3.05, 3.63) is 45.0 Å². The van der Waals surface area contributed by atoms with Crippen molar-refractivity contribution in [3.8, 4) is 6.07 Å². The Hall–Kier alpha value is -3.92. The molecule has 0 radical (unpaired) electrons. The van der Waals surface area contributed by atoms with Crippen molar-refractivity contribution in [3.63, 3.8) is 0 Å². The molecule has 5 rings (SSSR count). The SMILES string of the molecule is CNC(C)C(=O)NC[C@@H]1C2=C(C[C@H]3[C@H]4C5=C(C[C@@H]([C@H](C#N)N13)N4C)C(=O)C(C)=C(OC)C5=O)C(=O)C(C)=C(OC)C2=O. The highest BCUT2D eigenvalue weighted by molar-refractivity contribution is 6.26. The number of hydrogen-bond acceptors (Lipinski definition) is 11. The van der Waals surface area contributed by atoms with Crippen LogP contribution in [0.5, 0.6) is 0 Å². The minimum Gasteiger partial charge on any atom is -0.492 e. The van der Waals surface area contributed by atoms with Crippen molar-refractivity contribution in [2.45, 2.75) is 69.9 Å². The first-order chi connectivity index (χ1) is 19.9. The van der Waals surface area contributed by atoms with E-state index in [9.17, 15) is 29.2 Å². The van der Waals surface area contributed by atoms with Gasteiger partial charge in [-0.3, -0.25) is 33.8 Å². The number of carbonyl (C=O) groups is 5. The molecule has 1 saturated heterocycles. The molecule has 5 aliphatic rings. The molecule has 0 aromatic carbocycles. The number of Topliss-reactive ketones (excluding diaryl/α,β-unsaturated/α-hetero) is 4. The van der Waals surface area contributed by atoms with E-state index in [1.54, 1.807) is 20.9 Å². The van der Waals surface area contributed by atoms with Gasteiger partial charge in [-0.05, 0) is 47.7 Å². The molecular weight excluding hydrogens is 542 g/mol. The van der Waals surface area contributed by atoms with Crippen LogP contribution < -0.4 is 10.6 Å². The Morgan fingerprint density at radius 2 is 1.48 bits per heavy atom. The van der Waals surface area contributed by atoms with Gasteiger partial charge in [-0.25, -0.2) is 0 Å². The van der Waals surface area contributed by atoms with Gasteiger partial charge in [0.1, 0.15) is 6.04 Å². The first-order valence-corrected chi connectivity index (χ1v) is 13.9. The van der Waals surface area contributed by atoms with Gasteiger partial charge in [-0.15, -0.1) is 0 Å². The van der Waals surface area contributed by atoms with Crippen LogP contribution in [-0.2, 0) is 33.4 Å². The zero-order valence-electron chi connectivity index (χ0n) is 24.8. The average Bonchev–Trinajstić information content (AvgIpc) is 2.97. The van der Waals surface area contributed by atoms with Crippen LogP contribution in [0.15, 0.2) is 45.0 Å². The number of allylic oxidation sites excluding steroid dienone is 4. The van der Waals surface area contributed by atoms with E-state index in [1.165, 1.54) is 21.1 Å². The van der Waals surface area contributed by atoms with Gasteiger partial charge in [0.15, 0.2) is 23.1 Å². The summed E-state index contributed by atoms with van der Waals surface area (Å²) in [6, 6.07) is -1.61. The van der Waals surface area contributed by atoms with Crippen molar-refractivity contribution in [1.82, 2.24) is 20.4 Å². The van der Waals surface area contributed by atoms with Crippen molar-refractivity contribution < 1.29 is 33.4 Å². The molecule has 12 heteroatoms. The van der Waals surface area contributed by atoms with Crippen LogP contribution in [0, 0.1) is 11.3 Å². The molecule has 2 bridgehead atoms. The van der Waals surface area contributed by atoms with Crippen molar-refractivity contribution in [2.24, 2.45) is 0 Å². The lowest BCUT2D eigenvalue weighted by Crippen LogP contribution is -2.74. The lowest BCUT2D eigenvalue weighted by atomic mass is 9.67. The molecular formula is C30H35N5O7. The Balaban J connectivity index is 1.70. The van der Waals surface area contributed by atoms with Gasteiger partial charge in [0.25, 0.3) is 0 Å². The third-order valence-corrected chi connectivity index (χ3v) is 9.51. The second-order valence-electron chi connectivity index (χ2n) is 11.4. The van der Waals surface area contributed by atoms with Gasteiger partial charge in [0.05, 0.1) is 38.4 Å². The fraction of sp³-hybridized carbons (Fsp3) is 0.533. The summed E-state index contributed by atoms with van der Waals surface area (Å²) in [4.78, 5) is 71.6. The molecule has 1 fully saturated rings. The highest BCUT2D eigenvalue weighted by atomic mass is 16.5. The maximum Gasteiger partial charge on any atom is 0.236 e. The van der Waals surface area contributed by atoms with Gasteiger partial charge in [0.2, 0.25) is 17.5 Å². The lowest BCUT2D eigenvalue weighted by molar-refractivity contribution is -0.126. The van der Waals surface area contributed by atoms with Crippen LogP contribution in [0.1, 0.15) is 33.6 Å². The quantitative estimate of drug-likeness (QED) is 0.405. The summed E-state index contributed by atoms with van der Waals surface area (Å²) >= 11 is 0. The molecule has 0 spiro atoms. The Morgan fingerprint density at radius 3 is 2.00 bits per heavy atom. The normalized spacial score (nSPS) is 30.6. The van der Waals surface area contributed by atoms with E-state index in [-0.39, 0.29) is 70.7 Å². The van der Waals surface area contributed by atoms with E-state index in [1.807, 2.05) is 16.8 Å². The predicted molar refractivity (Wildman–Crippen MR) is 148 cm³/mol. The molecule has 3 aliphatic heterocycles. The summed E-state index contributed by atoms with van der Waals surface area (Å²) in [5.74, 6) is -1.91. The fourth-order valence-electron chi connectivity index (χ4n) is 7.30. The van der Waals surface area contributed by atoms with Crippen LogP contribution in [0.3, 0.4) is 0 Å². The number of likely N-dealkylation sites (N-methyl/N-ethyl adjacent to an activating group) is 2. The molecule has 6 atom stereocenters. The maximum atomic E-state index is 13.8. The molecule has 3 heterocycles. The number of nitrogens with zero attached hydrogens (tertiary/aromatic N) is 3. The van der Waals surface area contributed by atoms with Crippen LogP contribution in [0.4, 0.5) is 0 Å². The van der Waals surface area contributed by atoms with E-state index >= 15 is 0 Å². The van der Waals surface area contributed by atoms with E-state index in [4.69, 9.17) is 9.47 Å². The standard InChI is InChI=1S/C30H35N5O7/c1-12-24(36)15-9-18-23-22-16(25(37)13(2)29(42-7)27(22)39)8-17(34(23)5)19(10-31)35(18)20(11-33-30(40)14(3)32-4)21(15)26(38)28(12)41-6/h14,17-20,23,32H,8-9,11H2,1-7H3,(H,33,40)/t14?,17-,18-,19-,20+,23-/m0/s1. The number of ketones is 4. The first kappa shape index (κ1) is 29.6. The third-order valence-electron chi connectivity index (χ3n) is 9.51. The molecule has 42 heavy (non-hydrogen) atoms. The zero-order valence-corrected chi connectivity index (χ0v) is 24.8. The van der Waals surface area contributed by atoms with E-state index in [0.717, 1.165) is 0 Å². The van der Waals surface area contributed by atoms with Gasteiger partial charge < -0.3 is 20.1 Å². The fourth-order valence-corrected chi connectivity index (χ4v) is 7.30. The van der Waals surface area contributed by atoms with Gasteiger partial charge in [-0.1, -0.05) is 0 Å². The summed E-state index contributed by atoms with van der Waals surface area (Å²) < 4.78 is 10.7. The summed E-state index contributed by atoms with van der Waals surface area (Å²) in [5.41, 5.74) is 1.51. The van der Waals surface area contributed by atoms with Crippen molar-refractivity contribution in [1.29, 1.82) is 5.26 Å². The molecule has 2 N–H and O–H groups in total. The molecule has 222 valence electrons. The molecule has 0 saturated carbocycles. The molecule has 12 nitrogen and oxygen atoms in total. The van der Waals surface area contributed by atoms with Crippen LogP contribution in [-0.4, -0.2) is 110 Å². The van der Waals surface area contributed by atoms with Crippen LogP contribution >= 0.6 is 0 Å². The van der Waals surface area contributed by atoms with Crippen molar-refractivity contribution in [2.75, 3.05) is 34.9 Å². The predicted octanol–water partition coefficient (Wildman–Crippen LogP) is -0.131. The summed E-state index contributed by atoms with van der Waals surface area (Å²) in [6.45, 7) is 4.72. The van der Waals surface area contributed by atoms with Gasteiger partial charge >= 0.3 is 0 Å². The minimum absolute atomic E-state index is 0.0208. The van der Waals surface area contributed by atoms with Gasteiger partial charge in [0, 0.05) is 52.1 Å². The average molecular weight is 578 g/mol. The molecule has 2 aliphatic carbocycles. The number of carbonyl (C=O) groups excluding carboxylic acids is 5. The molecule has 0 aromatic heterocycles. The second kappa shape index (κ2) is 10.7. The number of piperazine rings is 1. The number of amides is 1. The number of ether oxygens (including phenoxy) is 2. The van der Waals surface area contributed by atoms with E-state index < -0.39 is 47.8 Å². The maximum absolute atomic E-state index is 13.8. The zero-order chi connectivity index (χ0) is 30.8. The van der Waals surface area contributed by atoms with E-state index in [2.05, 4.69) is 16.7 Å². The lowest BCUT2D eigenvalue weighted by Gasteiger charge is -2.60. The number of nitrogens with one attached hydrogen (secondary N) is 2. The first-order valence-electron chi connectivity index (χ1n) is 13.9. The molecule has 1 unspecified atom stereocenters. The number of methoxy groups -OCH3 is 2. The topological polar surface area (TPSA) is 158 Å². The highest BCUT2D eigenvalue weighted by Crippen LogP contribution is 2.48. The molecule has 0 aromatic rings. The Bertz CT molecular complexity index is 1490. The number of hydrogen-bond donors (Lipinski definition) is 2. The van der Waals surface area contributed by atoms with Crippen molar-refractivity contribution >= 4 is 29.0 Å². The van der Waals surface area contributed by atoms with E-state index in [0.29, 0.717) is 11.1 Å².